The van der Waals surface area contributed by atoms with Gasteiger partial charge >= 0.3 is 0 Å². The molecule has 4 rings (SSSR count). The third-order valence-electron chi connectivity index (χ3n) is 4.44. The van der Waals surface area contributed by atoms with Crippen molar-refractivity contribution in [1.82, 2.24) is 9.97 Å². The number of carbonyl (C=O) groups is 1. The number of hydrogen-bond donors (Lipinski definition) is 2. The number of hydrogen-bond acceptors (Lipinski definition) is 5. The molecule has 1 atom stereocenters. The summed E-state index contributed by atoms with van der Waals surface area (Å²) in [5, 5.41) is 5.51. The third kappa shape index (κ3) is 3.84. The Morgan fingerprint density at radius 3 is 2.55 bits per heavy atom. The van der Waals surface area contributed by atoms with Gasteiger partial charge in [0.2, 0.25) is 5.95 Å². The number of rotatable bonds is 4. The summed E-state index contributed by atoms with van der Waals surface area (Å²) in [6.45, 7) is 0.242. The van der Waals surface area contributed by atoms with Crippen LogP contribution in [0.2, 0.25) is 0 Å². The number of ether oxygens (including phenoxy) is 1. The molecule has 2 aromatic carbocycles. The average molecular weight is 400 g/mol. The summed E-state index contributed by atoms with van der Waals surface area (Å²) < 4.78 is 46.6. The highest BCUT2D eigenvalue weighted by molar-refractivity contribution is 6.06. The molecule has 1 aliphatic rings. The molecule has 0 saturated carbocycles. The third-order valence-corrected chi connectivity index (χ3v) is 4.44. The summed E-state index contributed by atoms with van der Waals surface area (Å²) in [4.78, 5) is 20.9. The zero-order valence-corrected chi connectivity index (χ0v) is 15.0. The largest absolute Gasteiger partial charge is 0.492 e. The summed E-state index contributed by atoms with van der Waals surface area (Å²) in [6, 6.07) is 6.95. The zero-order valence-electron chi connectivity index (χ0n) is 15.0. The lowest BCUT2D eigenvalue weighted by molar-refractivity contribution is 0.101. The predicted octanol–water partition coefficient (Wildman–Crippen LogP) is 4.08. The van der Waals surface area contributed by atoms with Gasteiger partial charge in [0.25, 0.3) is 5.91 Å². The van der Waals surface area contributed by atoms with Gasteiger partial charge in [-0.1, -0.05) is 6.07 Å². The van der Waals surface area contributed by atoms with E-state index in [4.69, 9.17) is 4.74 Å². The molecule has 1 aromatic heterocycles. The van der Waals surface area contributed by atoms with Gasteiger partial charge in [-0.05, 0) is 24.3 Å². The lowest BCUT2D eigenvalue weighted by Gasteiger charge is -2.28. The molecule has 3 aromatic rings. The second-order valence-corrected chi connectivity index (χ2v) is 6.33. The van der Waals surface area contributed by atoms with Crippen LogP contribution in [0.15, 0.2) is 48.8 Å². The molecule has 148 valence electrons. The fraction of sp³-hybridized carbons (Fsp3) is 0.150. The van der Waals surface area contributed by atoms with Crippen molar-refractivity contribution in [1.29, 1.82) is 0 Å². The van der Waals surface area contributed by atoms with Crippen molar-refractivity contribution in [3.8, 4) is 5.75 Å². The van der Waals surface area contributed by atoms with Gasteiger partial charge in [0, 0.05) is 36.1 Å². The number of fused-ring (bicyclic) bond motifs is 1. The van der Waals surface area contributed by atoms with Gasteiger partial charge < -0.3 is 15.4 Å². The Bertz CT molecular complexity index is 1060. The van der Waals surface area contributed by atoms with Gasteiger partial charge in [-0.3, -0.25) is 4.79 Å². The maximum atomic E-state index is 14.5. The first kappa shape index (κ1) is 18.7. The Hall–Kier alpha value is -3.62. The van der Waals surface area contributed by atoms with Gasteiger partial charge in [-0.15, -0.1) is 0 Å². The van der Waals surface area contributed by atoms with E-state index in [0.29, 0.717) is 17.9 Å². The first-order valence-electron chi connectivity index (χ1n) is 8.78. The van der Waals surface area contributed by atoms with E-state index < -0.39 is 23.4 Å². The Labute approximate surface area is 163 Å². The summed E-state index contributed by atoms with van der Waals surface area (Å²) in [6.07, 6.45) is 3.73. The highest BCUT2D eigenvalue weighted by atomic mass is 19.2. The smallest absolute Gasteiger partial charge is 0.262 e. The molecule has 0 saturated heterocycles. The van der Waals surface area contributed by atoms with E-state index in [0.717, 1.165) is 18.2 Å². The molecule has 6 nitrogen and oxygen atoms in total. The van der Waals surface area contributed by atoms with Crippen molar-refractivity contribution in [3.05, 3.63) is 77.4 Å². The Kier molecular flexibility index (Phi) is 5.03. The van der Waals surface area contributed by atoms with Crippen LogP contribution in [0.3, 0.4) is 0 Å². The molecule has 0 aliphatic carbocycles. The fourth-order valence-corrected chi connectivity index (χ4v) is 3.10. The van der Waals surface area contributed by atoms with Gasteiger partial charge in [-0.2, -0.15) is 0 Å². The molecule has 1 amide bonds. The van der Waals surface area contributed by atoms with Crippen molar-refractivity contribution in [2.45, 2.75) is 12.5 Å². The molecule has 9 heteroatoms. The first-order chi connectivity index (χ1) is 14.0. The normalized spacial score (nSPS) is 15.2. The summed E-state index contributed by atoms with van der Waals surface area (Å²) in [7, 11) is 0. The van der Waals surface area contributed by atoms with E-state index >= 15 is 0 Å². The van der Waals surface area contributed by atoms with Crippen LogP contribution >= 0.6 is 0 Å². The number of halogens is 3. The van der Waals surface area contributed by atoms with Crippen LogP contribution in [0.5, 0.6) is 5.75 Å². The minimum absolute atomic E-state index is 0.00549. The molecule has 0 fully saturated rings. The lowest BCUT2D eigenvalue weighted by Crippen LogP contribution is -2.25. The van der Waals surface area contributed by atoms with Crippen molar-refractivity contribution >= 4 is 17.5 Å². The van der Waals surface area contributed by atoms with Crippen LogP contribution in [-0.2, 0) is 0 Å². The molecule has 0 bridgehead atoms. The van der Waals surface area contributed by atoms with Gasteiger partial charge in [0.05, 0.1) is 12.6 Å². The summed E-state index contributed by atoms with van der Waals surface area (Å²) in [5.74, 6) is -3.32. The van der Waals surface area contributed by atoms with Crippen LogP contribution < -0.4 is 15.4 Å². The number of nitrogens with zero attached hydrogens (tertiary/aromatic N) is 2. The van der Waals surface area contributed by atoms with Crippen LogP contribution in [-0.4, -0.2) is 22.5 Å². The van der Waals surface area contributed by atoms with E-state index in [1.807, 2.05) is 0 Å². The van der Waals surface area contributed by atoms with Crippen LogP contribution in [0.4, 0.5) is 24.8 Å². The fourth-order valence-electron chi connectivity index (χ4n) is 3.10. The second-order valence-electron chi connectivity index (χ2n) is 6.33. The van der Waals surface area contributed by atoms with Crippen molar-refractivity contribution in [2.24, 2.45) is 0 Å². The maximum absolute atomic E-state index is 14.5. The Morgan fingerprint density at radius 2 is 1.79 bits per heavy atom. The monoisotopic (exact) mass is 400 g/mol. The quantitative estimate of drug-likeness (QED) is 0.690. The van der Waals surface area contributed by atoms with Crippen LogP contribution in [0.25, 0.3) is 0 Å². The maximum Gasteiger partial charge on any atom is 0.262 e. The van der Waals surface area contributed by atoms with E-state index in [1.54, 1.807) is 18.5 Å². The standard InChI is InChI=1S/C20H15F3N4O2/c21-13-4-2-11(10-15(13)23)26-19(28)17-14(22)5-3-12-16(6-9-29-18(12)17)27-20-24-7-1-8-25-20/h1-5,7-8,10,16H,6,9H2,(H,26,28)(H,24,25,27)/t16-/m0/s1. The van der Waals surface area contributed by atoms with Crippen molar-refractivity contribution < 1.29 is 22.7 Å². The minimum atomic E-state index is -1.12. The molecule has 2 N–H and O–H groups in total. The SMILES string of the molecule is O=C(Nc1ccc(F)c(F)c1)c1c(F)ccc2c1OCC[C@@H]2Nc1ncccn1. The highest BCUT2D eigenvalue weighted by Gasteiger charge is 2.29. The predicted molar refractivity (Wildman–Crippen MR) is 99.2 cm³/mol. The van der Waals surface area contributed by atoms with Crippen LogP contribution in [0.1, 0.15) is 28.4 Å². The molecular formula is C20H15F3N4O2. The van der Waals surface area contributed by atoms with E-state index in [-0.39, 0.29) is 29.6 Å². The molecule has 0 unspecified atom stereocenters. The van der Waals surface area contributed by atoms with E-state index in [2.05, 4.69) is 20.6 Å². The number of aromatic nitrogens is 2. The van der Waals surface area contributed by atoms with Crippen LogP contribution in [0, 0.1) is 17.5 Å². The molecule has 1 aliphatic heterocycles. The minimum Gasteiger partial charge on any atom is -0.492 e. The average Bonchev–Trinajstić information content (AvgIpc) is 2.71. The first-order valence-corrected chi connectivity index (χ1v) is 8.78. The van der Waals surface area contributed by atoms with Crippen molar-refractivity contribution in [2.75, 3.05) is 17.2 Å². The number of benzene rings is 2. The second kappa shape index (κ2) is 7.78. The molecule has 2 heterocycles. The summed E-state index contributed by atoms with van der Waals surface area (Å²) >= 11 is 0. The lowest BCUT2D eigenvalue weighted by atomic mass is 9.96. The zero-order chi connectivity index (χ0) is 20.4. The Morgan fingerprint density at radius 1 is 1.03 bits per heavy atom. The van der Waals surface area contributed by atoms with Gasteiger partial charge in [0.15, 0.2) is 11.6 Å². The van der Waals surface area contributed by atoms with E-state index in [1.165, 1.54) is 12.1 Å². The van der Waals surface area contributed by atoms with Gasteiger partial charge in [0.1, 0.15) is 17.1 Å². The molecule has 0 spiro atoms. The number of carbonyl (C=O) groups excluding carboxylic acids is 1. The number of nitrogens with one attached hydrogen (secondary N) is 2. The van der Waals surface area contributed by atoms with E-state index in [9.17, 15) is 18.0 Å². The van der Waals surface area contributed by atoms with Crippen molar-refractivity contribution in [3.63, 3.8) is 0 Å². The molecular weight excluding hydrogens is 385 g/mol. The van der Waals surface area contributed by atoms with Gasteiger partial charge in [-0.25, -0.2) is 23.1 Å². The molecule has 0 radical (unpaired) electrons. The number of amides is 1. The Balaban J connectivity index is 1.65. The number of anilines is 2. The molecule has 29 heavy (non-hydrogen) atoms. The topological polar surface area (TPSA) is 76.1 Å². The summed E-state index contributed by atoms with van der Waals surface area (Å²) in [5.41, 5.74) is 0.252. The highest BCUT2D eigenvalue weighted by Crippen LogP contribution is 2.38.